The number of aromatic nitrogens is 1. The van der Waals surface area contributed by atoms with E-state index in [2.05, 4.69) is 17.2 Å². The molecule has 5 nitrogen and oxygen atoms in total. The molecule has 1 heterocycles. The molecule has 1 aromatic carbocycles. The monoisotopic (exact) mass is 341 g/mol. The maximum atomic E-state index is 12.4. The number of rotatable bonds is 9. The highest BCUT2D eigenvalue weighted by molar-refractivity contribution is 5.94. The molecule has 2 aromatic rings. The highest BCUT2D eigenvalue weighted by Gasteiger charge is 2.12. The third kappa shape index (κ3) is 6.19. The third-order valence-electron chi connectivity index (χ3n) is 4.00. The fourth-order valence-corrected chi connectivity index (χ4v) is 2.48. The van der Waals surface area contributed by atoms with Gasteiger partial charge in [0, 0.05) is 23.8 Å². The molecule has 0 aliphatic rings. The highest BCUT2D eigenvalue weighted by Crippen LogP contribution is 2.13. The van der Waals surface area contributed by atoms with Crippen LogP contribution >= 0.6 is 0 Å². The highest BCUT2D eigenvalue weighted by atomic mass is 16.5. The van der Waals surface area contributed by atoms with Gasteiger partial charge in [-0.2, -0.15) is 0 Å². The van der Waals surface area contributed by atoms with Crippen LogP contribution in [0.3, 0.4) is 0 Å². The fourth-order valence-electron chi connectivity index (χ4n) is 2.48. The summed E-state index contributed by atoms with van der Waals surface area (Å²) in [6, 6.07) is 11.3. The largest absolute Gasteiger partial charge is 0.487 e. The van der Waals surface area contributed by atoms with Gasteiger partial charge in [0.2, 0.25) is 0 Å². The van der Waals surface area contributed by atoms with Crippen molar-refractivity contribution >= 4 is 5.91 Å². The van der Waals surface area contributed by atoms with Gasteiger partial charge in [-0.25, -0.2) is 0 Å². The maximum absolute atomic E-state index is 12.4. The van der Waals surface area contributed by atoms with Crippen LogP contribution in [0.2, 0.25) is 0 Å². The van der Waals surface area contributed by atoms with E-state index in [9.17, 15) is 4.79 Å². The van der Waals surface area contributed by atoms with Crippen LogP contribution in [0.25, 0.3) is 0 Å². The zero-order valence-electron chi connectivity index (χ0n) is 15.0. The smallest absolute Gasteiger partial charge is 0.251 e. The average molecular weight is 341 g/mol. The van der Waals surface area contributed by atoms with E-state index in [1.54, 1.807) is 12.3 Å². The Labute approximate surface area is 149 Å². The van der Waals surface area contributed by atoms with E-state index in [1.165, 1.54) is 0 Å². The first-order valence-corrected chi connectivity index (χ1v) is 8.77. The molecule has 1 unspecified atom stereocenters. The van der Waals surface area contributed by atoms with Crippen LogP contribution in [0.5, 0.6) is 5.75 Å². The number of hydrogen-bond acceptors (Lipinski definition) is 4. The van der Waals surface area contributed by atoms with Crippen molar-refractivity contribution in [3.8, 4) is 5.75 Å². The lowest BCUT2D eigenvalue weighted by Crippen LogP contribution is -2.40. The molecule has 0 aliphatic heterocycles. The summed E-state index contributed by atoms with van der Waals surface area (Å²) in [5.41, 5.74) is 8.26. The van der Waals surface area contributed by atoms with Gasteiger partial charge in [-0.1, -0.05) is 31.9 Å². The zero-order valence-corrected chi connectivity index (χ0v) is 15.0. The van der Waals surface area contributed by atoms with Crippen LogP contribution in [0, 0.1) is 6.92 Å². The van der Waals surface area contributed by atoms with E-state index in [-0.39, 0.29) is 11.9 Å². The van der Waals surface area contributed by atoms with Gasteiger partial charge in [0.15, 0.2) is 0 Å². The van der Waals surface area contributed by atoms with Crippen LogP contribution in [0.4, 0.5) is 0 Å². The second kappa shape index (κ2) is 9.79. The Hall–Kier alpha value is -2.40. The van der Waals surface area contributed by atoms with Crippen molar-refractivity contribution in [3.05, 3.63) is 59.4 Å². The molecule has 0 aliphatic carbocycles. The van der Waals surface area contributed by atoms with E-state index in [4.69, 9.17) is 10.5 Å². The number of benzene rings is 1. The summed E-state index contributed by atoms with van der Waals surface area (Å²) in [4.78, 5) is 16.6. The van der Waals surface area contributed by atoms with Gasteiger partial charge in [0.1, 0.15) is 12.4 Å². The Morgan fingerprint density at radius 1 is 1.32 bits per heavy atom. The molecule has 0 radical (unpaired) electrons. The van der Waals surface area contributed by atoms with Crippen molar-refractivity contribution in [2.24, 2.45) is 5.73 Å². The van der Waals surface area contributed by atoms with E-state index < -0.39 is 0 Å². The van der Waals surface area contributed by atoms with Gasteiger partial charge in [-0.3, -0.25) is 9.78 Å². The number of pyridine rings is 1. The molecule has 0 saturated heterocycles. The predicted octanol–water partition coefficient (Wildman–Crippen LogP) is 3.22. The quantitative estimate of drug-likeness (QED) is 0.734. The summed E-state index contributed by atoms with van der Waals surface area (Å²) in [5, 5.41) is 3.01. The average Bonchev–Trinajstić information content (AvgIpc) is 2.64. The summed E-state index contributed by atoms with van der Waals surface area (Å²) in [7, 11) is 0. The third-order valence-corrected chi connectivity index (χ3v) is 4.00. The van der Waals surface area contributed by atoms with E-state index >= 15 is 0 Å². The molecule has 5 heteroatoms. The Kier molecular flexibility index (Phi) is 7.41. The number of nitrogens with one attached hydrogen (secondary N) is 1. The first-order chi connectivity index (χ1) is 12.1. The molecule has 0 saturated carbocycles. The van der Waals surface area contributed by atoms with Crippen LogP contribution in [0.1, 0.15) is 47.8 Å². The van der Waals surface area contributed by atoms with Crippen LogP contribution in [0.15, 0.2) is 42.6 Å². The molecule has 1 aromatic heterocycles. The Morgan fingerprint density at radius 3 is 2.84 bits per heavy atom. The number of carbonyl (C=O) groups is 1. The fraction of sp³-hybridized carbons (Fsp3) is 0.400. The number of hydrogen-bond donors (Lipinski definition) is 2. The van der Waals surface area contributed by atoms with Gasteiger partial charge in [0.25, 0.3) is 5.91 Å². The Bertz CT molecular complexity index is 671. The lowest BCUT2D eigenvalue weighted by atomic mass is 10.1. The molecule has 1 amide bonds. The second-order valence-corrected chi connectivity index (χ2v) is 6.17. The zero-order chi connectivity index (χ0) is 18.1. The molecule has 1 atom stereocenters. The van der Waals surface area contributed by atoms with Crippen molar-refractivity contribution in [3.63, 3.8) is 0 Å². The number of ether oxygens (including phenoxy) is 1. The molecule has 0 spiro atoms. The maximum Gasteiger partial charge on any atom is 0.251 e. The molecule has 2 rings (SSSR count). The number of aryl methyl sites for hydroxylation is 1. The molecular formula is C20H27N3O2. The van der Waals surface area contributed by atoms with Crippen LogP contribution in [-0.2, 0) is 6.61 Å². The van der Waals surface area contributed by atoms with Gasteiger partial charge < -0.3 is 15.8 Å². The number of carbonyl (C=O) groups excluding carboxylic acids is 1. The van der Waals surface area contributed by atoms with Gasteiger partial charge in [-0.05, 0) is 43.2 Å². The number of nitrogens with zero attached hydrogens (tertiary/aromatic N) is 1. The topological polar surface area (TPSA) is 77.2 Å². The lowest BCUT2D eigenvalue weighted by molar-refractivity contribution is 0.0935. The molecule has 134 valence electrons. The molecule has 25 heavy (non-hydrogen) atoms. The molecule has 0 bridgehead atoms. The first-order valence-electron chi connectivity index (χ1n) is 8.77. The van der Waals surface area contributed by atoms with Crippen molar-refractivity contribution < 1.29 is 9.53 Å². The molecule has 0 fully saturated rings. The lowest BCUT2D eigenvalue weighted by Gasteiger charge is -2.16. The predicted molar refractivity (Wildman–Crippen MR) is 99.6 cm³/mol. The van der Waals surface area contributed by atoms with Gasteiger partial charge in [-0.15, -0.1) is 0 Å². The summed E-state index contributed by atoms with van der Waals surface area (Å²) in [6.07, 6.45) is 4.75. The van der Waals surface area contributed by atoms with Crippen molar-refractivity contribution in [1.82, 2.24) is 10.3 Å². The SMILES string of the molecule is CCCCC(CN)NC(=O)c1cccc(COc2ccc(C)nc2)c1. The van der Waals surface area contributed by atoms with E-state index in [0.29, 0.717) is 24.5 Å². The summed E-state index contributed by atoms with van der Waals surface area (Å²) in [6.45, 7) is 4.90. The summed E-state index contributed by atoms with van der Waals surface area (Å²) < 4.78 is 5.72. The first kappa shape index (κ1) is 18.9. The van der Waals surface area contributed by atoms with Gasteiger partial charge >= 0.3 is 0 Å². The van der Waals surface area contributed by atoms with Crippen molar-refractivity contribution in [2.75, 3.05) is 6.54 Å². The number of amides is 1. The minimum Gasteiger partial charge on any atom is -0.487 e. The normalized spacial score (nSPS) is 11.8. The molecule has 3 N–H and O–H groups in total. The van der Waals surface area contributed by atoms with Crippen molar-refractivity contribution in [1.29, 1.82) is 0 Å². The summed E-state index contributed by atoms with van der Waals surface area (Å²) in [5.74, 6) is 0.619. The minimum atomic E-state index is -0.0922. The number of nitrogens with two attached hydrogens (primary N) is 1. The van der Waals surface area contributed by atoms with Gasteiger partial charge in [0.05, 0.1) is 6.20 Å². The van der Waals surface area contributed by atoms with Crippen molar-refractivity contribution in [2.45, 2.75) is 45.8 Å². The number of unbranched alkanes of at least 4 members (excludes halogenated alkanes) is 1. The summed E-state index contributed by atoms with van der Waals surface area (Å²) >= 11 is 0. The second-order valence-electron chi connectivity index (χ2n) is 6.17. The molecular weight excluding hydrogens is 314 g/mol. The van der Waals surface area contributed by atoms with Crippen LogP contribution < -0.4 is 15.8 Å². The van der Waals surface area contributed by atoms with E-state index in [0.717, 1.165) is 30.5 Å². The van der Waals surface area contributed by atoms with Crippen LogP contribution in [-0.4, -0.2) is 23.5 Å². The van der Waals surface area contributed by atoms with E-state index in [1.807, 2.05) is 37.3 Å². The standard InChI is InChI=1S/C20H27N3O2/c1-3-4-8-18(12-21)23-20(24)17-7-5-6-16(11-17)14-25-19-10-9-15(2)22-13-19/h5-7,9-11,13,18H,3-4,8,12,14,21H2,1-2H3,(H,23,24). The Morgan fingerprint density at radius 2 is 2.16 bits per heavy atom. The Balaban J connectivity index is 1.95. The minimum absolute atomic E-state index is 0.0194.